The third-order valence-electron chi connectivity index (χ3n) is 7.13. The van der Waals surface area contributed by atoms with Crippen molar-refractivity contribution in [2.75, 3.05) is 33.4 Å². The summed E-state index contributed by atoms with van der Waals surface area (Å²) in [5.74, 6) is 1.03. The third-order valence-corrected chi connectivity index (χ3v) is 7.13. The Hall–Kier alpha value is -2.90. The molecule has 7 nitrogen and oxygen atoms in total. The van der Waals surface area contributed by atoms with Gasteiger partial charge in [0.1, 0.15) is 5.75 Å². The van der Waals surface area contributed by atoms with Crippen LogP contribution in [0, 0.1) is 6.92 Å². The number of hydrogen-bond donors (Lipinski definition) is 1. The summed E-state index contributed by atoms with van der Waals surface area (Å²) in [4.78, 5) is 19.3. The minimum Gasteiger partial charge on any atom is -0.497 e. The van der Waals surface area contributed by atoms with E-state index >= 15 is 0 Å². The van der Waals surface area contributed by atoms with E-state index in [1.807, 2.05) is 18.3 Å². The molecule has 7 heteroatoms. The number of amides is 1. The number of aromatic nitrogens is 2. The summed E-state index contributed by atoms with van der Waals surface area (Å²) in [5, 5.41) is 4.55. The zero-order valence-electron chi connectivity index (χ0n) is 18.9. The van der Waals surface area contributed by atoms with Crippen LogP contribution >= 0.6 is 0 Å². The zero-order chi connectivity index (χ0) is 22.3. The number of hydrogen-bond acceptors (Lipinski definition) is 5. The monoisotopic (exact) mass is 434 g/mol. The summed E-state index contributed by atoms with van der Waals surface area (Å²) in [5.41, 5.74) is 4.42. The highest BCUT2D eigenvalue weighted by Crippen LogP contribution is 2.39. The van der Waals surface area contributed by atoms with Crippen molar-refractivity contribution < 1.29 is 14.3 Å². The van der Waals surface area contributed by atoms with Crippen LogP contribution in [0.2, 0.25) is 0 Å². The molecule has 0 saturated carbocycles. The lowest BCUT2D eigenvalue weighted by Crippen LogP contribution is -2.55. The predicted molar refractivity (Wildman–Crippen MR) is 123 cm³/mol. The van der Waals surface area contributed by atoms with Crippen LogP contribution in [-0.4, -0.2) is 59.3 Å². The van der Waals surface area contributed by atoms with E-state index in [0.29, 0.717) is 19.6 Å². The molecular formula is C25H30N4O3. The van der Waals surface area contributed by atoms with Crippen LogP contribution in [0.4, 0.5) is 0 Å². The van der Waals surface area contributed by atoms with Crippen molar-refractivity contribution in [3.8, 4) is 5.75 Å². The number of likely N-dealkylation sites (tertiary alicyclic amines) is 1. The highest BCUT2D eigenvalue weighted by molar-refractivity contribution is 5.87. The minimum absolute atomic E-state index is 0.0596. The molecule has 1 amide bonds. The molecule has 1 aromatic carbocycles. The maximum Gasteiger partial charge on any atom is 0.222 e. The first-order chi connectivity index (χ1) is 15.5. The smallest absolute Gasteiger partial charge is 0.222 e. The fraction of sp³-hybridized carbons (Fsp3) is 0.440. The van der Waals surface area contributed by atoms with Crippen LogP contribution in [0.1, 0.15) is 29.2 Å². The topological polar surface area (TPSA) is 68.6 Å². The summed E-state index contributed by atoms with van der Waals surface area (Å²) in [7, 11) is 3.81. The van der Waals surface area contributed by atoms with Crippen LogP contribution in [0.3, 0.4) is 0 Å². The number of ether oxygens (including phenoxy) is 2. The summed E-state index contributed by atoms with van der Waals surface area (Å²) in [6.45, 7) is 5.51. The molecule has 0 unspecified atom stereocenters. The largest absolute Gasteiger partial charge is 0.497 e. The Morgan fingerprint density at radius 2 is 2.22 bits per heavy atom. The molecule has 2 saturated heterocycles. The lowest BCUT2D eigenvalue weighted by molar-refractivity contribution is -0.122. The van der Waals surface area contributed by atoms with E-state index in [4.69, 9.17) is 9.47 Å². The van der Waals surface area contributed by atoms with Gasteiger partial charge in [-0.05, 0) is 42.3 Å². The highest BCUT2D eigenvalue weighted by Gasteiger charge is 2.49. The summed E-state index contributed by atoms with van der Waals surface area (Å²) >= 11 is 0. The van der Waals surface area contributed by atoms with E-state index in [2.05, 4.69) is 51.9 Å². The number of nitrogens with one attached hydrogen (secondary N) is 1. The van der Waals surface area contributed by atoms with Crippen LogP contribution in [0.25, 0.3) is 10.9 Å². The highest BCUT2D eigenvalue weighted by atomic mass is 16.5. The fourth-order valence-corrected chi connectivity index (χ4v) is 5.38. The van der Waals surface area contributed by atoms with Gasteiger partial charge in [0.05, 0.1) is 25.9 Å². The van der Waals surface area contributed by atoms with Crippen LogP contribution in [0.15, 0.2) is 42.7 Å². The van der Waals surface area contributed by atoms with Crippen LogP contribution in [0.5, 0.6) is 5.75 Å². The molecule has 0 aliphatic carbocycles. The van der Waals surface area contributed by atoms with E-state index in [-0.39, 0.29) is 11.8 Å². The third kappa shape index (κ3) is 3.55. The lowest BCUT2D eigenvalue weighted by Gasteiger charge is -2.34. The van der Waals surface area contributed by atoms with Gasteiger partial charge in [0, 0.05) is 68.0 Å². The number of rotatable bonds is 4. The Bertz CT molecular complexity index is 1140. The molecular weight excluding hydrogens is 404 g/mol. The first-order valence-corrected chi connectivity index (χ1v) is 11.1. The van der Waals surface area contributed by atoms with Gasteiger partial charge in [0.15, 0.2) is 0 Å². The number of nitrogens with zero attached hydrogens (tertiary/aromatic N) is 3. The second-order valence-electron chi connectivity index (χ2n) is 9.02. The number of pyridine rings is 1. The molecule has 2 fully saturated rings. The van der Waals surface area contributed by atoms with E-state index in [1.165, 1.54) is 22.2 Å². The quantitative estimate of drug-likeness (QED) is 0.684. The Balaban J connectivity index is 1.51. The second kappa shape index (κ2) is 8.22. The zero-order valence-corrected chi connectivity index (χ0v) is 18.9. The number of fused-ring (bicyclic) bond motifs is 1. The van der Waals surface area contributed by atoms with Gasteiger partial charge in [0.2, 0.25) is 5.91 Å². The molecule has 0 radical (unpaired) electrons. The molecule has 168 valence electrons. The van der Waals surface area contributed by atoms with Gasteiger partial charge >= 0.3 is 0 Å². The number of aryl methyl sites for hydroxylation is 1. The van der Waals surface area contributed by atoms with E-state index in [1.54, 1.807) is 13.3 Å². The molecule has 5 rings (SSSR count). The SMILES string of the molecule is COc1ccc2c(c1)c(CN1C[C@@H](c3cccnc3)[C@@]3(COCCC(=O)N3)C1)c(C)n2C. The standard InChI is InChI=1S/C25H30N4O3/c1-17-21(20-11-19(31-3)6-7-23(20)28(17)2)13-29-14-22(18-5-4-9-26-12-18)25(15-29)16-32-10-8-24(30)27-25/h4-7,9,11-12,22H,8,10,13-16H2,1-3H3,(H,27,30)/t22-,25-/m0/s1. The van der Waals surface area contributed by atoms with Gasteiger partial charge in [-0.25, -0.2) is 0 Å². The molecule has 2 aliphatic rings. The van der Waals surface area contributed by atoms with Gasteiger partial charge in [-0.2, -0.15) is 0 Å². The number of methoxy groups -OCH3 is 1. The van der Waals surface area contributed by atoms with Crippen molar-refractivity contribution in [2.24, 2.45) is 7.05 Å². The average molecular weight is 435 g/mol. The fourth-order valence-electron chi connectivity index (χ4n) is 5.38. The summed E-state index contributed by atoms with van der Waals surface area (Å²) < 4.78 is 13.7. The maximum atomic E-state index is 12.5. The molecule has 32 heavy (non-hydrogen) atoms. The second-order valence-corrected chi connectivity index (χ2v) is 9.02. The average Bonchev–Trinajstić information content (AvgIpc) is 3.18. The van der Waals surface area contributed by atoms with Crippen molar-refractivity contribution in [3.63, 3.8) is 0 Å². The summed E-state index contributed by atoms with van der Waals surface area (Å²) in [6.07, 6.45) is 4.11. The van der Waals surface area contributed by atoms with Crippen LogP contribution < -0.4 is 10.1 Å². The Kier molecular flexibility index (Phi) is 5.39. The molecule has 4 heterocycles. The van der Waals surface area contributed by atoms with Crippen molar-refractivity contribution >= 4 is 16.8 Å². The minimum atomic E-state index is -0.452. The van der Waals surface area contributed by atoms with Gasteiger partial charge in [-0.15, -0.1) is 0 Å². The Morgan fingerprint density at radius 3 is 3.00 bits per heavy atom. The van der Waals surface area contributed by atoms with Gasteiger partial charge in [0.25, 0.3) is 0 Å². The molecule has 1 N–H and O–H groups in total. The molecule has 3 aromatic rings. The van der Waals surface area contributed by atoms with Crippen molar-refractivity contribution in [1.82, 2.24) is 19.8 Å². The lowest BCUT2D eigenvalue weighted by atomic mass is 9.83. The Labute approximate surface area is 188 Å². The van der Waals surface area contributed by atoms with Crippen LogP contribution in [-0.2, 0) is 23.1 Å². The summed E-state index contributed by atoms with van der Waals surface area (Å²) in [6, 6.07) is 10.3. The van der Waals surface area contributed by atoms with Gasteiger partial charge in [-0.3, -0.25) is 14.7 Å². The van der Waals surface area contributed by atoms with Gasteiger partial charge in [-0.1, -0.05) is 6.07 Å². The molecule has 2 atom stereocenters. The van der Waals surface area contributed by atoms with Gasteiger partial charge < -0.3 is 19.4 Å². The van der Waals surface area contributed by atoms with Crippen molar-refractivity contribution in [1.29, 1.82) is 0 Å². The first kappa shape index (κ1) is 21.0. The number of carbonyl (C=O) groups is 1. The van der Waals surface area contributed by atoms with Crippen molar-refractivity contribution in [2.45, 2.75) is 31.3 Å². The van der Waals surface area contributed by atoms with E-state index in [9.17, 15) is 4.79 Å². The molecule has 2 aromatic heterocycles. The number of carbonyl (C=O) groups excluding carboxylic acids is 1. The number of benzene rings is 1. The molecule has 2 aliphatic heterocycles. The Morgan fingerprint density at radius 1 is 1.34 bits per heavy atom. The van der Waals surface area contributed by atoms with E-state index in [0.717, 1.165) is 30.9 Å². The first-order valence-electron chi connectivity index (χ1n) is 11.1. The maximum absolute atomic E-state index is 12.5. The predicted octanol–water partition coefficient (Wildman–Crippen LogP) is 2.77. The van der Waals surface area contributed by atoms with E-state index < -0.39 is 5.54 Å². The normalized spacial score (nSPS) is 24.1. The molecule has 1 spiro atoms. The molecule has 0 bridgehead atoms. The van der Waals surface area contributed by atoms with Crippen molar-refractivity contribution in [3.05, 3.63) is 59.5 Å².